The van der Waals surface area contributed by atoms with E-state index in [0.29, 0.717) is 13.2 Å². The average Bonchev–Trinajstić information content (AvgIpc) is 2.64. The van der Waals surface area contributed by atoms with Crippen LogP contribution >= 0.6 is 0 Å². The zero-order valence-corrected chi connectivity index (χ0v) is 17.1. The second kappa shape index (κ2) is 20.0. The Bertz CT molecular complexity index is 363. The van der Waals surface area contributed by atoms with Gasteiger partial charge < -0.3 is 9.47 Å². The second-order valence-electron chi connectivity index (χ2n) is 6.82. The zero-order chi connectivity index (χ0) is 19.3. The molecule has 0 fully saturated rings. The Morgan fingerprint density at radius 3 is 1.65 bits per heavy atom. The van der Waals surface area contributed by atoms with Crippen LogP contribution < -0.4 is 0 Å². The van der Waals surface area contributed by atoms with Crippen LogP contribution in [-0.2, 0) is 19.1 Å². The predicted molar refractivity (Wildman–Crippen MR) is 107 cm³/mol. The zero-order valence-electron chi connectivity index (χ0n) is 17.1. The highest BCUT2D eigenvalue weighted by atomic mass is 16.5. The number of ether oxygens (including phenoxy) is 2. The monoisotopic (exact) mass is 368 g/mol. The quantitative estimate of drug-likeness (QED) is 0.166. The Morgan fingerprint density at radius 1 is 0.615 bits per heavy atom. The van der Waals surface area contributed by atoms with E-state index in [2.05, 4.69) is 26.0 Å². The van der Waals surface area contributed by atoms with Gasteiger partial charge in [0.15, 0.2) is 0 Å². The number of allylic oxidation sites excluding steroid dienone is 2. The van der Waals surface area contributed by atoms with Crippen LogP contribution in [0.25, 0.3) is 0 Å². The largest absolute Gasteiger partial charge is 0.466 e. The van der Waals surface area contributed by atoms with E-state index in [1.165, 1.54) is 44.9 Å². The van der Waals surface area contributed by atoms with E-state index in [-0.39, 0.29) is 24.8 Å². The standard InChI is InChI=1S/C22H40O4/c1-3-5-7-9-11-13-15-19-25-21(23)17-18-22(24)26-20-16-14-12-10-8-6-4-2/h9,11H,3-8,10,12-20H2,1-2H3/b11-9+. The van der Waals surface area contributed by atoms with Crippen LogP contribution in [0.5, 0.6) is 0 Å². The fraction of sp³-hybridized carbons (Fsp3) is 0.818. The van der Waals surface area contributed by atoms with E-state index in [0.717, 1.165) is 32.1 Å². The molecule has 0 spiro atoms. The Kier molecular flexibility index (Phi) is 19.0. The van der Waals surface area contributed by atoms with Crippen LogP contribution in [0, 0.1) is 0 Å². The lowest BCUT2D eigenvalue weighted by atomic mass is 10.1. The molecule has 0 aliphatic rings. The van der Waals surface area contributed by atoms with E-state index >= 15 is 0 Å². The summed E-state index contributed by atoms with van der Waals surface area (Å²) < 4.78 is 10.3. The molecule has 0 unspecified atom stereocenters. The third-order valence-corrected chi connectivity index (χ3v) is 4.21. The smallest absolute Gasteiger partial charge is 0.306 e. The Hall–Kier alpha value is -1.32. The normalized spacial score (nSPS) is 11.0. The van der Waals surface area contributed by atoms with Gasteiger partial charge in [0.25, 0.3) is 0 Å². The molecule has 0 amide bonds. The van der Waals surface area contributed by atoms with Crippen molar-refractivity contribution < 1.29 is 19.1 Å². The third-order valence-electron chi connectivity index (χ3n) is 4.21. The number of hydrogen-bond acceptors (Lipinski definition) is 4. The van der Waals surface area contributed by atoms with Crippen LogP contribution in [0.4, 0.5) is 0 Å². The van der Waals surface area contributed by atoms with Gasteiger partial charge in [-0.2, -0.15) is 0 Å². The molecule has 26 heavy (non-hydrogen) atoms. The first kappa shape index (κ1) is 24.7. The molecule has 4 heteroatoms. The molecule has 0 aromatic carbocycles. The van der Waals surface area contributed by atoms with Gasteiger partial charge in [0.05, 0.1) is 26.1 Å². The van der Waals surface area contributed by atoms with E-state index in [9.17, 15) is 9.59 Å². The summed E-state index contributed by atoms with van der Waals surface area (Å²) in [6, 6.07) is 0. The molecule has 0 saturated heterocycles. The fourth-order valence-corrected chi connectivity index (χ4v) is 2.54. The van der Waals surface area contributed by atoms with Gasteiger partial charge in [-0.3, -0.25) is 9.59 Å². The van der Waals surface area contributed by atoms with Gasteiger partial charge in [-0.1, -0.05) is 77.4 Å². The Labute approximate surface area is 160 Å². The molecule has 0 radical (unpaired) electrons. The van der Waals surface area contributed by atoms with Crippen LogP contribution in [-0.4, -0.2) is 25.2 Å². The molecule has 0 saturated carbocycles. The summed E-state index contributed by atoms with van der Waals surface area (Å²) in [6.07, 6.45) is 18.2. The molecule has 4 nitrogen and oxygen atoms in total. The summed E-state index contributed by atoms with van der Waals surface area (Å²) in [7, 11) is 0. The van der Waals surface area contributed by atoms with Crippen molar-refractivity contribution in [2.45, 2.75) is 104 Å². The molecule has 0 bridgehead atoms. The van der Waals surface area contributed by atoms with Gasteiger partial charge in [-0.05, 0) is 25.7 Å². The first-order chi connectivity index (χ1) is 12.7. The number of unbranched alkanes of at least 4 members (excludes halogenated alkanes) is 9. The summed E-state index contributed by atoms with van der Waals surface area (Å²) >= 11 is 0. The van der Waals surface area contributed by atoms with Crippen molar-refractivity contribution in [3.05, 3.63) is 12.2 Å². The van der Waals surface area contributed by atoms with Gasteiger partial charge in [0.2, 0.25) is 0 Å². The number of esters is 2. The van der Waals surface area contributed by atoms with Gasteiger partial charge in [0, 0.05) is 0 Å². The molecule has 0 N–H and O–H groups in total. The van der Waals surface area contributed by atoms with E-state index < -0.39 is 0 Å². The van der Waals surface area contributed by atoms with Crippen LogP contribution in [0.15, 0.2) is 12.2 Å². The highest BCUT2D eigenvalue weighted by molar-refractivity contribution is 5.77. The van der Waals surface area contributed by atoms with Crippen LogP contribution in [0.3, 0.4) is 0 Å². The van der Waals surface area contributed by atoms with E-state index in [1.807, 2.05) is 0 Å². The predicted octanol–water partition coefficient (Wildman–Crippen LogP) is 6.13. The average molecular weight is 369 g/mol. The van der Waals surface area contributed by atoms with Crippen LogP contribution in [0.2, 0.25) is 0 Å². The first-order valence-corrected chi connectivity index (χ1v) is 10.7. The van der Waals surface area contributed by atoms with Gasteiger partial charge in [-0.15, -0.1) is 0 Å². The molecule has 0 aromatic heterocycles. The van der Waals surface area contributed by atoms with Crippen molar-refractivity contribution in [1.82, 2.24) is 0 Å². The van der Waals surface area contributed by atoms with Gasteiger partial charge >= 0.3 is 11.9 Å². The summed E-state index contributed by atoms with van der Waals surface area (Å²) in [5.41, 5.74) is 0. The molecule has 152 valence electrons. The van der Waals surface area contributed by atoms with Crippen molar-refractivity contribution >= 4 is 11.9 Å². The van der Waals surface area contributed by atoms with E-state index in [1.54, 1.807) is 0 Å². The number of carbonyl (C=O) groups is 2. The molecular weight excluding hydrogens is 328 g/mol. The maximum Gasteiger partial charge on any atom is 0.306 e. The minimum absolute atomic E-state index is 0.113. The number of hydrogen-bond donors (Lipinski definition) is 0. The van der Waals surface area contributed by atoms with Crippen molar-refractivity contribution in [2.75, 3.05) is 13.2 Å². The summed E-state index contributed by atoms with van der Waals surface area (Å²) in [5, 5.41) is 0. The summed E-state index contributed by atoms with van der Waals surface area (Å²) in [6.45, 7) is 5.27. The third kappa shape index (κ3) is 19.0. The lowest BCUT2D eigenvalue weighted by Crippen LogP contribution is -2.11. The second-order valence-corrected chi connectivity index (χ2v) is 6.82. The number of carbonyl (C=O) groups excluding carboxylic acids is 2. The molecule has 0 aliphatic heterocycles. The minimum atomic E-state index is -0.312. The van der Waals surface area contributed by atoms with Crippen molar-refractivity contribution in [1.29, 1.82) is 0 Å². The highest BCUT2D eigenvalue weighted by Crippen LogP contribution is 2.07. The van der Waals surface area contributed by atoms with Crippen LogP contribution in [0.1, 0.15) is 104 Å². The molecule has 0 aromatic rings. The lowest BCUT2D eigenvalue weighted by molar-refractivity contribution is -0.150. The maximum atomic E-state index is 11.6. The fourth-order valence-electron chi connectivity index (χ4n) is 2.54. The first-order valence-electron chi connectivity index (χ1n) is 10.7. The van der Waals surface area contributed by atoms with Gasteiger partial charge in [0.1, 0.15) is 0 Å². The van der Waals surface area contributed by atoms with Crippen molar-refractivity contribution in [2.24, 2.45) is 0 Å². The topological polar surface area (TPSA) is 52.6 Å². The summed E-state index contributed by atoms with van der Waals surface area (Å²) in [5.74, 6) is -0.611. The number of rotatable bonds is 18. The molecule has 0 aliphatic carbocycles. The molecule has 0 heterocycles. The highest BCUT2D eigenvalue weighted by Gasteiger charge is 2.08. The molecule has 0 rings (SSSR count). The molecular formula is C22H40O4. The van der Waals surface area contributed by atoms with Crippen molar-refractivity contribution in [3.8, 4) is 0 Å². The Balaban J connectivity index is 3.39. The Morgan fingerprint density at radius 2 is 1.08 bits per heavy atom. The lowest BCUT2D eigenvalue weighted by Gasteiger charge is -2.06. The van der Waals surface area contributed by atoms with Gasteiger partial charge in [-0.25, -0.2) is 0 Å². The van der Waals surface area contributed by atoms with E-state index in [4.69, 9.17) is 9.47 Å². The SMILES string of the molecule is CCCC/C=C/CCCOC(=O)CCC(=O)OCCCCCCCCC. The van der Waals surface area contributed by atoms with Crippen molar-refractivity contribution in [3.63, 3.8) is 0 Å². The minimum Gasteiger partial charge on any atom is -0.466 e. The maximum absolute atomic E-state index is 11.6. The summed E-state index contributed by atoms with van der Waals surface area (Å²) in [4.78, 5) is 23.2. The molecule has 0 atom stereocenters.